The Morgan fingerprint density at radius 1 is 1.29 bits per heavy atom. The molecule has 2 heterocycles. The highest BCUT2D eigenvalue weighted by atomic mass is 16.6. The lowest BCUT2D eigenvalue weighted by atomic mass is 9.76. The minimum Gasteiger partial charge on any atom is -0.494 e. The van der Waals surface area contributed by atoms with Gasteiger partial charge in [-0.15, -0.1) is 0 Å². The Labute approximate surface area is 141 Å². The Hall–Kier alpha value is -1.59. The summed E-state index contributed by atoms with van der Waals surface area (Å²) in [5.41, 5.74) is 0.283. The molecule has 1 aromatic rings. The average molecular weight is 329 g/mol. The van der Waals surface area contributed by atoms with Crippen LogP contribution in [0, 0.1) is 23.7 Å². The number of aliphatic hydroxyl groups excluding tert-OH is 1. The van der Waals surface area contributed by atoms with Gasteiger partial charge in [-0.1, -0.05) is 6.92 Å². The second kappa shape index (κ2) is 4.73. The molecule has 24 heavy (non-hydrogen) atoms. The van der Waals surface area contributed by atoms with Crippen molar-refractivity contribution in [2.24, 2.45) is 23.7 Å². The van der Waals surface area contributed by atoms with E-state index in [-0.39, 0.29) is 29.8 Å². The number of rotatable bonds is 4. The number of fused-ring (bicyclic) bond motifs is 2. The van der Waals surface area contributed by atoms with Crippen molar-refractivity contribution in [3.8, 4) is 5.75 Å². The molecule has 1 N–H and O–H groups in total. The van der Waals surface area contributed by atoms with E-state index in [1.807, 2.05) is 36.1 Å². The van der Waals surface area contributed by atoms with Crippen molar-refractivity contribution >= 4 is 11.6 Å². The van der Waals surface area contributed by atoms with Crippen LogP contribution in [0.5, 0.6) is 5.75 Å². The van der Waals surface area contributed by atoms with E-state index < -0.39 is 11.8 Å². The maximum absolute atomic E-state index is 13.2. The van der Waals surface area contributed by atoms with Crippen molar-refractivity contribution < 1.29 is 19.4 Å². The second-order valence-electron chi connectivity index (χ2n) is 7.49. The highest BCUT2D eigenvalue weighted by Crippen LogP contribution is 2.68. The zero-order valence-corrected chi connectivity index (χ0v) is 14.0. The summed E-state index contributed by atoms with van der Waals surface area (Å²) in [7, 11) is 0. The Kier molecular flexibility index (Phi) is 2.90. The monoisotopic (exact) mass is 329 g/mol. The first-order chi connectivity index (χ1) is 11.6. The van der Waals surface area contributed by atoms with Crippen molar-refractivity contribution in [3.05, 3.63) is 24.3 Å². The van der Waals surface area contributed by atoms with Crippen molar-refractivity contribution in [3.63, 3.8) is 0 Å². The van der Waals surface area contributed by atoms with Gasteiger partial charge in [0.05, 0.1) is 24.7 Å². The number of carbonyl (C=O) groups excluding carboxylic acids is 1. The molecule has 2 aliphatic carbocycles. The van der Waals surface area contributed by atoms with Crippen LogP contribution in [-0.2, 0) is 9.53 Å². The third kappa shape index (κ3) is 1.51. The Morgan fingerprint density at radius 3 is 2.71 bits per heavy atom. The summed E-state index contributed by atoms with van der Waals surface area (Å²) in [5, 5.41) is 10.5. The van der Waals surface area contributed by atoms with E-state index in [2.05, 4.69) is 6.92 Å². The molecule has 5 heteroatoms. The van der Waals surface area contributed by atoms with E-state index in [0.29, 0.717) is 12.5 Å². The smallest absolute Gasteiger partial charge is 0.233 e. The minimum atomic E-state index is -0.587. The molecular formula is C19H23NO4. The van der Waals surface area contributed by atoms with E-state index in [1.165, 1.54) is 0 Å². The standard InChI is InChI=1S/C19H23NO4/c1-3-19-15-13-9-12(16(21)17(13)24-19)14(15)18(22)20(19)10-5-7-11(8-6-10)23-4-2/h5-8,12-17,21H,3-4,9H2,1-2H3/t12-,13-,14-,15-,16-,17+,19-/m1/s1. The Morgan fingerprint density at radius 2 is 2.04 bits per heavy atom. The largest absolute Gasteiger partial charge is 0.494 e. The molecule has 1 amide bonds. The van der Waals surface area contributed by atoms with Crippen LogP contribution in [0.1, 0.15) is 26.7 Å². The summed E-state index contributed by atoms with van der Waals surface area (Å²) in [4.78, 5) is 15.1. The third-order valence-electron chi connectivity index (χ3n) is 6.71. The maximum Gasteiger partial charge on any atom is 0.233 e. The molecular weight excluding hydrogens is 306 g/mol. The summed E-state index contributed by atoms with van der Waals surface area (Å²) in [6.45, 7) is 4.66. The van der Waals surface area contributed by atoms with Crippen LogP contribution in [0.3, 0.4) is 0 Å². The van der Waals surface area contributed by atoms with Gasteiger partial charge in [0.2, 0.25) is 5.91 Å². The minimum absolute atomic E-state index is 0.0682. The number of anilines is 1. The summed E-state index contributed by atoms with van der Waals surface area (Å²) < 4.78 is 11.9. The zero-order valence-electron chi connectivity index (χ0n) is 14.0. The Balaban J connectivity index is 1.57. The van der Waals surface area contributed by atoms with Gasteiger partial charge in [0.15, 0.2) is 5.72 Å². The summed E-state index contributed by atoms with van der Waals surface area (Å²) in [6, 6.07) is 7.71. The van der Waals surface area contributed by atoms with Crippen molar-refractivity contribution in [1.82, 2.24) is 0 Å². The molecule has 0 aromatic heterocycles. The van der Waals surface area contributed by atoms with Crippen LogP contribution in [0.2, 0.25) is 0 Å². The van der Waals surface area contributed by atoms with Gasteiger partial charge in [-0.2, -0.15) is 0 Å². The lowest BCUT2D eigenvalue weighted by Gasteiger charge is -2.38. The van der Waals surface area contributed by atoms with Gasteiger partial charge in [-0.3, -0.25) is 9.69 Å². The fourth-order valence-corrected chi connectivity index (χ4v) is 5.97. The van der Waals surface area contributed by atoms with E-state index in [1.54, 1.807) is 0 Å². The quantitative estimate of drug-likeness (QED) is 0.920. The SMILES string of the molecule is CCOc1ccc(N2C(=O)[C@@H]3[C@H]4C[C@H]5[C@H](O[C@]2(CC)[C@H]53)[C@@H]4O)cc1. The van der Waals surface area contributed by atoms with Gasteiger partial charge in [-0.05, 0) is 55.9 Å². The molecule has 0 spiro atoms. The molecule has 2 saturated heterocycles. The lowest BCUT2D eigenvalue weighted by molar-refractivity contribution is -0.133. The van der Waals surface area contributed by atoms with Gasteiger partial charge in [0.25, 0.3) is 0 Å². The van der Waals surface area contributed by atoms with Crippen LogP contribution < -0.4 is 9.64 Å². The molecule has 0 radical (unpaired) electrons. The molecule has 2 aliphatic heterocycles. The number of aliphatic hydroxyl groups is 1. The number of nitrogens with zero attached hydrogens (tertiary/aromatic N) is 1. The zero-order chi connectivity index (χ0) is 16.6. The van der Waals surface area contributed by atoms with Crippen molar-refractivity contribution in [2.45, 2.75) is 44.6 Å². The van der Waals surface area contributed by atoms with E-state index >= 15 is 0 Å². The number of benzene rings is 1. The predicted octanol–water partition coefficient (Wildman–Crippen LogP) is 2.18. The molecule has 4 fully saturated rings. The van der Waals surface area contributed by atoms with Crippen LogP contribution in [0.4, 0.5) is 5.69 Å². The maximum atomic E-state index is 13.2. The molecule has 2 saturated carbocycles. The molecule has 2 bridgehead atoms. The van der Waals surface area contributed by atoms with Crippen LogP contribution in [0.25, 0.3) is 0 Å². The highest BCUT2D eigenvalue weighted by molar-refractivity contribution is 6.00. The number of hydrogen-bond donors (Lipinski definition) is 1. The molecule has 128 valence electrons. The van der Waals surface area contributed by atoms with Gasteiger partial charge < -0.3 is 14.6 Å². The first kappa shape index (κ1) is 14.7. The summed E-state index contributed by atoms with van der Waals surface area (Å²) in [5.74, 6) is 1.46. The molecule has 1 aromatic carbocycles. The summed E-state index contributed by atoms with van der Waals surface area (Å²) >= 11 is 0. The van der Waals surface area contributed by atoms with Gasteiger partial charge in [0.1, 0.15) is 5.75 Å². The topological polar surface area (TPSA) is 59.0 Å². The number of hydrogen-bond acceptors (Lipinski definition) is 4. The lowest BCUT2D eigenvalue weighted by Crippen LogP contribution is -2.50. The number of amides is 1. The van der Waals surface area contributed by atoms with Gasteiger partial charge >= 0.3 is 0 Å². The Bertz CT molecular complexity index is 689. The normalized spacial score (nSPS) is 44.6. The average Bonchev–Trinajstić information content (AvgIpc) is 3.25. The third-order valence-corrected chi connectivity index (χ3v) is 6.71. The fourth-order valence-electron chi connectivity index (χ4n) is 5.97. The van der Waals surface area contributed by atoms with Crippen LogP contribution in [-0.4, -0.2) is 35.6 Å². The van der Waals surface area contributed by atoms with Crippen molar-refractivity contribution in [2.75, 3.05) is 11.5 Å². The first-order valence-electron chi connectivity index (χ1n) is 9.05. The van der Waals surface area contributed by atoms with Crippen LogP contribution >= 0.6 is 0 Å². The van der Waals surface area contributed by atoms with Crippen molar-refractivity contribution in [1.29, 1.82) is 0 Å². The fraction of sp³-hybridized carbons (Fsp3) is 0.632. The molecule has 5 nitrogen and oxygen atoms in total. The second-order valence-corrected chi connectivity index (χ2v) is 7.49. The van der Waals surface area contributed by atoms with E-state index in [9.17, 15) is 9.90 Å². The number of carbonyl (C=O) groups is 1. The van der Waals surface area contributed by atoms with E-state index in [4.69, 9.17) is 9.47 Å². The summed E-state index contributed by atoms with van der Waals surface area (Å²) in [6.07, 6.45) is 1.11. The van der Waals surface area contributed by atoms with E-state index in [0.717, 1.165) is 24.3 Å². The first-order valence-corrected chi connectivity index (χ1v) is 9.05. The van der Waals surface area contributed by atoms with Gasteiger partial charge in [0, 0.05) is 11.6 Å². The number of ether oxygens (including phenoxy) is 2. The highest BCUT2D eigenvalue weighted by Gasteiger charge is 2.77. The predicted molar refractivity (Wildman–Crippen MR) is 87.6 cm³/mol. The molecule has 5 rings (SSSR count). The molecule has 7 atom stereocenters. The van der Waals surface area contributed by atoms with Crippen LogP contribution in [0.15, 0.2) is 24.3 Å². The van der Waals surface area contributed by atoms with Gasteiger partial charge in [-0.25, -0.2) is 0 Å². The molecule has 0 unspecified atom stereocenters. The molecule has 4 aliphatic rings.